The third-order valence-electron chi connectivity index (χ3n) is 6.44. The van der Waals surface area contributed by atoms with Crippen LogP contribution in [-0.4, -0.2) is 0 Å². The predicted molar refractivity (Wildman–Crippen MR) is 139 cm³/mol. The van der Waals surface area contributed by atoms with Gasteiger partial charge in [0.2, 0.25) is 0 Å². The van der Waals surface area contributed by atoms with Gasteiger partial charge in [-0.3, -0.25) is 4.57 Å². The average Bonchev–Trinajstić information content (AvgIpc) is 2.87. The summed E-state index contributed by atoms with van der Waals surface area (Å²) >= 11 is 0. The number of alkyl halides is 3. The zero-order valence-electron chi connectivity index (χ0n) is 20.4. The van der Waals surface area contributed by atoms with Gasteiger partial charge in [-0.05, 0) is 61.7 Å². The SMILES string of the molecule is CC(C)(C)c1cc(-[n+]2[c-]cc(C(F)(F)F)c(-c3ccc(-c4ccccc4)cc3)c2)cc2ccccc12. The summed E-state index contributed by atoms with van der Waals surface area (Å²) in [6.07, 6.45) is -0.111. The second kappa shape index (κ2) is 8.94. The van der Waals surface area contributed by atoms with Gasteiger partial charge in [-0.25, -0.2) is 0 Å². The summed E-state index contributed by atoms with van der Waals surface area (Å²) < 4.78 is 43.7. The van der Waals surface area contributed by atoms with Crippen LogP contribution in [-0.2, 0) is 11.6 Å². The van der Waals surface area contributed by atoms with Gasteiger partial charge < -0.3 is 0 Å². The summed E-state index contributed by atoms with van der Waals surface area (Å²) in [5.41, 5.74) is 3.64. The standard InChI is InChI=1S/C32H26F3N/c1-31(2,3)30-20-26(19-25-11-7-8-12-27(25)30)36-18-17-29(32(33,34)35)28(21-36)24-15-13-23(14-16-24)22-9-5-4-6-10-22/h4-17,19-21H,1-3H3. The Labute approximate surface area is 209 Å². The van der Waals surface area contributed by atoms with Crippen molar-refractivity contribution in [2.24, 2.45) is 0 Å². The van der Waals surface area contributed by atoms with Crippen LogP contribution in [0.4, 0.5) is 13.2 Å². The molecule has 5 rings (SSSR count). The van der Waals surface area contributed by atoms with Crippen molar-refractivity contribution >= 4 is 10.8 Å². The van der Waals surface area contributed by atoms with Crippen LogP contribution in [0.1, 0.15) is 31.9 Å². The highest BCUT2D eigenvalue weighted by Crippen LogP contribution is 2.37. The van der Waals surface area contributed by atoms with Gasteiger partial charge in [0.1, 0.15) is 5.69 Å². The van der Waals surface area contributed by atoms with Crippen LogP contribution in [0.15, 0.2) is 103 Å². The maximum Gasteiger partial charge on any atom is 0.382 e. The molecule has 0 radical (unpaired) electrons. The van der Waals surface area contributed by atoms with Crippen LogP contribution in [0, 0.1) is 6.20 Å². The molecule has 0 aliphatic carbocycles. The lowest BCUT2D eigenvalue weighted by molar-refractivity contribution is -0.599. The van der Waals surface area contributed by atoms with Gasteiger partial charge in [0.05, 0.1) is 6.20 Å². The van der Waals surface area contributed by atoms with Crippen molar-refractivity contribution in [2.45, 2.75) is 32.4 Å². The summed E-state index contributed by atoms with van der Waals surface area (Å²) in [6, 6.07) is 30.2. The quantitative estimate of drug-likeness (QED) is 0.179. The van der Waals surface area contributed by atoms with Crippen LogP contribution in [0.2, 0.25) is 0 Å². The van der Waals surface area contributed by atoms with E-state index < -0.39 is 11.7 Å². The van der Waals surface area contributed by atoms with E-state index in [1.807, 2.05) is 72.8 Å². The molecule has 0 spiro atoms. The molecule has 0 unspecified atom stereocenters. The van der Waals surface area contributed by atoms with Crippen molar-refractivity contribution in [1.82, 2.24) is 0 Å². The number of halogens is 3. The van der Waals surface area contributed by atoms with Crippen LogP contribution < -0.4 is 4.57 Å². The Kier molecular flexibility index (Phi) is 5.91. The van der Waals surface area contributed by atoms with Gasteiger partial charge in [0, 0.05) is 0 Å². The lowest BCUT2D eigenvalue weighted by Gasteiger charge is -2.23. The predicted octanol–water partition coefficient (Wildman–Crippen LogP) is 8.57. The highest BCUT2D eigenvalue weighted by Gasteiger charge is 2.31. The normalized spacial score (nSPS) is 12.2. The molecular weight excluding hydrogens is 455 g/mol. The number of benzene rings is 4. The minimum Gasteiger partial charge on any atom is -0.284 e. The zero-order chi connectivity index (χ0) is 25.5. The summed E-state index contributed by atoms with van der Waals surface area (Å²) in [4.78, 5) is 0. The fourth-order valence-electron chi connectivity index (χ4n) is 4.59. The molecule has 1 heterocycles. The number of hydrogen-bond acceptors (Lipinski definition) is 0. The Bertz CT molecular complexity index is 1530. The van der Waals surface area contributed by atoms with E-state index in [9.17, 15) is 13.2 Å². The van der Waals surface area contributed by atoms with E-state index in [2.05, 4.69) is 33.0 Å². The minimum atomic E-state index is -4.50. The number of fused-ring (bicyclic) bond motifs is 1. The van der Waals surface area contributed by atoms with Crippen LogP contribution in [0.5, 0.6) is 0 Å². The first-order chi connectivity index (χ1) is 17.1. The highest BCUT2D eigenvalue weighted by atomic mass is 19.4. The van der Waals surface area contributed by atoms with Crippen molar-refractivity contribution < 1.29 is 17.7 Å². The molecule has 180 valence electrons. The Morgan fingerprint density at radius 2 is 1.28 bits per heavy atom. The third-order valence-corrected chi connectivity index (χ3v) is 6.44. The Morgan fingerprint density at radius 1 is 0.667 bits per heavy atom. The molecular formula is C32H26F3N. The molecule has 1 aromatic heterocycles. The number of aromatic nitrogens is 1. The van der Waals surface area contributed by atoms with Crippen molar-refractivity contribution in [3.05, 3.63) is 121 Å². The first kappa shape index (κ1) is 23.8. The Morgan fingerprint density at radius 3 is 1.94 bits per heavy atom. The van der Waals surface area contributed by atoms with Crippen LogP contribution in [0.25, 0.3) is 38.7 Å². The Balaban J connectivity index is 1.66. The minimum absolute atomic E-state index is 0.117. The van der Waals surface area contributed by atoms with Gasteiger partial charge >= 0.3 is 6.18 Å². The van der Waals surface area contributed by atoms with E-state index in [1.54, 1.807) is 16.7 Å². The lowest BCUT2D eigenvalue weighted by atomic mass is 9.83. The molecule has 0 bridgehead atoms. The van der Waals surface area contributed by atoms with E-state index in [1.165, 1.54) is 6.20 Å². The van der Waals surface area contributed by atoms with E-state index >= 15 is 0 Å². The molecule has 0 saturated heterocycles. The van der Waals surface area contributed by atoms with E-state index in [4.69, 9.17) is 0 Å². The molecule has 0 aliphatic rings. The zero-order valence-corrected chi connectivity index (χ0v) is 20.4. The largest absolute Gasteiger partial charge is 0.382 e. The van der Waals surface area contributed by atoms with Gasteiger partial charge in [0.25, 0.3) is 0 Å². The van der Waals surface area contributed by atoms with Crippen molar-refractivity contribution in [3.8, 4) is 27.9 Å². The fourth-order valence-corrected chi connectivity index (χ4v) is 4.59. The van der Waals surface area contributed by atoms with Gasteiger partial charge in [0.15, 0.2) is 6.20 Å². The molecule has 4 aromatic carbocycles. The maximum absolute atomic E-state index is 14.0. The highest BCUT2D eigenvalue weighted by molar-refractivity contribution is 5.88. The second-order valence-electron chi connectivity index (χ2n) is 10.0. The number of pyridine rings is 1. The summed E-state index contributed by atoms with van der Waals surface area (Å²) in [5.74, 6) is 0. The monoisotopic (exact) mass is 481 g/mol. The maximum atomic E-state index is 14.0. The van der Waals surface area contributed by atoms with Gasteiger partial charge in [-0.1, -0.05) is 106 Å². The molecule has 0 N–H and O–H groups in total. The number of nitrogens with zero attached hydrogens (tertiary/aromatic N) is 1. The molecule has 0 atom stereocenters. The average molecular weight is 482 g/mol. The fraction of sp³-hybridized carbons (Fsp3) is 0.156. The third kappa shape index (κ3) is 4.64. The first-order valence-electron chi connectivity index (χ1n) is 11.9. The first-order valence-corrected chi connectivity index (χ1v) is 11.9. The van der Waals surface area contributed by atoms with Crippen molar-refractivity contribution in [1.29, 1.82) is 0 Å². The van der Waals surface area contributed by atoms with Crippen LogP contribution in [0.3, 0.4) is 0 Å². The van der Waals surface area contributed by atoms with E-state index in [0.29, 0.717) is 5.56 Å². The molecule has 0 aliphatic heterocycles. The molecule has 0 fully saturated rings. The molecule has 36 heavy (non-hydrogen) atoms. The topological polar surface area (TPSA) is 3.88 Å². The van der Waals surface area contributed by atoms with E-state index in [-0.39, 0.29) is 11.0 Å². The molecule has 5 aromatic rings. The van der Waals surface area contributed by atoms with Crippen LogP contribution >= 0.6 is 0 Å². The summed E-state index contributed by atoms with van der Waals surface area (Å²) in [5, 5.41) is 2.17. The second-order valence-corrected chi connectivity index (χ2v) is 10.0. The van der Waals surface area contributed by atoms with Gasteiger partial charge in [-0.15, -0.1) is 0 Å². The van der Waals surface area contributed by atoms with Gasteiger partial charge in [-0.2, -0.15) is 13.2 Å². The molecule has 4 heteroatoms. The summed E-state index contributed by atoms with van der Waals surface area (Å²) in [6.45, 7) is 6.41. The smallest absolute Gasteiger partial charge is 0.284 e. The molecule has 0 amide bonds. The summed E-state index contributed by atoms with van der Waals surface area (Å²) in [7, 11) is 0. The lowest BCUT2D eigenvalue weighted by Crippen LogP contribution is -2.32. The molecule has 0 saturated carbocycles. The number of rotatable bonds is 3. The molecule has 1 nitrogen and oxygen atoms in total. The number of hydrogen-bond donors (Lipinski definition) is 0. The Hall–Kier alpha value is -3.92. The van der Waals surface area contributed by atoms with Crippen molar-refractivity contribution in [3.63, 3.8) is 0 Å². The van der Waals surface area contributed by atoms with E-state index in [0.717, 1.165) is 39.2 Å². The van der Waals surface area contributed by atoms with Crippen molar-refractivity contribution in [2.75, 3.05) is 0 Å².